The molecule has 15 heavy (non-hydrogen) atoms. The minimum Gasteiger partial charge on any atom is -0.492 e. The second kappa shape index (κ2) is 7.23. The normalized spacial score (nSPS) is 10.3. The van der Waals surface area contributed by atoms with E-state index in [1.54, 1.807) is 6.20 Å². The highest BCUT2D eigenvalue weighted by Crippen LogP contribution is 2.11. The van der Waals surface area contributed by atoms with E-state index in [2.05, 4.69) is 23.3 Å². The molecule has 1 heterocycles. The lowest BCUT2D eigenvalue weighted by molar-refractivity contribution is 0.338. The molecule has 84 valence electrons. The molecule has 1 rings (SSSR count). The van der Waals surface area contributed by atoms with Crippen LogP contribution >= 0.6 is 0 Å². The zero-order chi connectivity index (χ0) is 10.9. The fraction of sp³-hybridized carbons (Fsp3) is 0.583. The fourth-order valence-electron chi connectivity index (χ4n) is 1.38. The quantitative estimate of drug-likeness (QED) is 0.696. The summed E-state index contributed by atoms with van der Waals surface area (Å²) < 4.78 is 5.39. The van der Waals surface area contributed by atoms with E-state index in [1.165, 1.54) is 12.0 Å². The summed E-state index contributed by atoms with van der Waals surface area (Å²) in [4.78, 5) is 4.15. The van der Waals surface area contributed by atoms with Crippen LogP contribution < -0.4 is 10.1 Å². The second-order valence-corrected chi connectivity index (χ2v) is 3.46. The van der Waals surface area contributed by atoms with Crippen molar-refractivity contribution in [3.05, 3.63) is 24.0 Å². The van der Waals surface area contributed by atoms with Crippen molar-refractivity contribution in [3.63, 3.8) is 0 Å². The third kappa shape index (κ3) is 4.79. The lowest BCUT2D eigenvalue weighted by Crippen LogP contribution is -2.17. The Morgan fingerprint density at radius 2 is 2.13 bits per heavy atom. The number of aromatic nitrogens is 1. The lowest BCUT2D eigenvalue weighted by atomic mass is 10.2. The molecule has 0 amide bonds. The van der Waals surface area contributed by atoms with E-state index < -0.39 is 0 Å². The average molecular weight is 208 g/mol. The molecule has 1 aromatic heterocycles. The van der Waals surface area contributed by atoms with E-state index in [0.29, 0.717) is 6.61 Å². The third-order valence-corrected chi connectivity index (χ3v) is 2.10. The number of hydrogen-bond acceptors (Lipinski definition) is 3. The van der Waals surface area contributed by atoms with E-state index in [9.17, 15) is 0 Å². The van der Waals surface area contributed by atoms with Gasteiger partial charge < -0.3 is 10.1 Å². The molecule has 0 bridgehead atoms. The van der Waals surface area contributed by atoms with Gasteiger partial charge in [0, 0.05) is 6.20 Å². The Hall–Kier alpha value is -1.09. The first-order valence-electron chi connectivity index (χ1n) is 5.64. The Kier molecular flexibility index (Phi) is 5.78. The molecular weight excluding hydrogens is 188 g/mol. The van der Waals surface area contributed by atoms with Crippen LogP contribution in [0.5, 0.6) is 5.75 Å². The Balaban J connectivity index is 2.36. The molecule has 0 fully saturated rings. The largest absolute Gasteiger partial charge is 0.492 e. The SMILES string of the molecule is CCCNCCc1cncc(OCC)c1. The van der Waals surface area contributed by atoms with Crippen molar-refractivity contribution in [2.75, 3.05) is 19.7 Å². The first-order valence-corrected chi connectivity index (χ1v) is 5.64. The van der Waals surface area contributed by atoms with Crippen LogP contribution in [0.15, 0.2) is 18.5 Å². The summed E-state index contributed by atoms with van der Waals surface area (Å²) in [5.74, 6) is 0.866. The Labute approximate surface area is 91.9 Å². The van der Waals surface area contributed by atoms with Gasteiger partial charge in [0.15, 0.2) is 0 Å². The maximum Gasteiger partial charge on any atom is 0.137 e. The predicted molar refractivity (Wildman–Crippen MR) is 62.3 cm³/mol. The van der Waals surface area contributed by atoms with Crippen LogP contribution in [0.1, 0.15) is 25.8 Å². The van der Waals surface area contributed by atoms with E-state index >= 15 is 0 Å². The van der Waals surface area contributed by atoms with Crippen molar-refractivity contribution in [1.29, 1.82) is 0 Å². The molecule has 1 N–H and O–H groups in total. The van der Waals surface area contributed by atoms with Crippen LogP contribution in [0.2, 0.25) is 0 Å². The smallest absolute Gasteiger partial charge is 0.137 e. The van der Waals surface area contributed by atoms with Crippen molar-refractivity contribution < 1.29 is 4.74 Å². The van der Waals surface area contributed by atoms with Gasteiger partial charge in [-0.05, 0) is 44.5 Å². The van der Waals surface area contributed by atoms with Crippen molar-refractivity contribution in [3.8, 4) is 5.75 Å². The first-order chi connectivity index (χ1) is 7.36. The van der Waals surface area contributed by atoms with Crippen LogP contribution in [0.4, 0.5) is 0 Å². The molecule has 3 nitrogen and oxygen atoms in total. The zero-order valence-corrected chi connectivity index (χ0v) is 9.62. The number of pyridine rings is 1. The van der Waals surface area contributed by atoms with Crippen LogP contribution in [-0.4, -0.2) is 24.7 Å². The van der Waals surface area contributed by atoms with Gasteiger partial charge in [0.25, 0.3) is 0 Å². The molecule has 0 spiro atoms. The van der Waals surface area contributed by atoms with E-state index in [1.807, 2.05) is 13.1 Å². The molecule has 0 saturated heterocycles. The molecule has 0 aromatic carbocycles. The maximum atomic E-state index is 5.39. The number of hydrogen-bond donors (Lipinski definition) is 1. The van der Waals surface area contributed by atoms with Gasteiger partial charge in [-0.15, -0.1) is 0 Å². The summed E-state index contributed by atoms with van der Waals surface area (Å²) in [7, 11) is 0. The van der Waals surface area contributed by atoms with Crippen molar-refractivity contribution in [2.24, 2.45) is 0 Å². The van der Waals surface area contributed by atoms with Crippen LogP contribution in [0.3, 0.4) is 0 Å². The summed E-state index contributed by atoms with van der Waals surface area (Å²) in [6, 6.07) is 2.06. The second-order valence-electron chi connectivity index (χ2n) is 3.46. The number of ether oxygens (including phenoxy) is 1. The number of rotatable bonds is 7. The summed E-state index contributed by atoms with van der Waals surface area (Å²) in [6.07, 6.45) is 5.84. The van der Waals surface area contributed by atoms with Gasteiger partial charge in [-0.3, -0.25) is 4.98 Å². The molecule has 0 aliphatic heterocycles. The first kappa shape index (κ1) is 12.0. The maximum absolute atomic E-state index is 5.39. The van der Waals surface area contributed by atoms with Gasteiger partial charge in [-0.2, -0.15) is 0 Å². The lowest BCUT2D eigenvalue weighted by Gasteiger charge is -2.06. The molecule has 0 radical (unpaired) electrons. The monoisotopic (exact) mass is 208 g/mol. The fourth-order valence-corrected chi connectivity index (χ4v) is 1.38. The van der Waals surface area contributed by atoms with E-state index in [0.717, 1.165) is 25.3 Å². The van der Waals surface area contributed by atoms with E-state index in [-0.39, 0.29) is 0 Å². The van der Waals surface area contributed by atoms with Crippen LogP contribution in [0.25, 0.3) is 0 Å². The van der Waals surface area contributed by atoms with E-state index in [4.69, 9.17) is 4.74 Å². The molecule has 3 heteroatoms. The third-order valence-electron chi connectivity index (χ3n) is 2.10. The van der Waals surface area contributed by atoms with Gasteiger partial charge in [-0.1, -0.05) is 6.92 Å². The molecule has 1 aromatic rings. The summed E-state index contributed by atoms with van der Waals surface area (Å²) in [6.45, 7) is 6.93. The highest BCUT2D eigenvalue weighted by Gasteiger charge is 1.96. The molecular formula is C12H20N2O. The number of nitrogens with zero attached hydrogens (tertiary/aromatic N) is 1. The van der Waals surface area contributed by atoms with Gasteiger partial charge in [0.1, 0.15) is 5.75 Å². The highest BCUT2D eigenvalue weighted by atomic mass is 16.5. The van der Waals surface area contributed by atoms with Crippen molar-refractivity contribution >= 4 is 0 Å². The van der Waals surface area contributed by atoms with Gasteiger partial charge in [0.05, 0.1) is 12.8 Å². The van der Waals surface area contributed by atoms with Gasteiger partial charge in [-0.25, -0.2) is 0 Å². The standard InChI is InChI=1S/C12H20N2O/c1-3-6-13-7-5-11-8-12(15-4-2)10-14-9-11/h8-10,13H,3-7H2,1-2H3. The summed E-state index contributed by atoms with van der Waals surface area (Å²) >= 11 is 0. The van der Waals surface area contributed by atoms with Crippen molar-refractivity contribution in [2.45, 2.75) is 26.7 Å². The molecule has 0 aliphatic carbocycles. The molecule has 0 atom stereocenters. The van der Waals surface area contributed by atoms with Crippen LogP contribution in [0, 0.1) is 0 Å². The zero-order valence-electron chi connectivity index (χ0n) is 9.62. The molecule has 0 saturated carbocycles. The van der Waals surface area contributed by atoms with Crippen LogP contribution in [-0.2, 0) is 6.42 Å². The predicted octanol–water partition coefficient (Wildman–Crippen LogP) is 2.02. The van der Waals surface area contributed by atoms with Crippen molar-refractivity contribution in [1.82, 2.24) is 10.3 Å². The molecule has 0 aliphatic rings. The van der Waals surface area contributed by atoms with Gasteiger partial charge in [0.2, 0.25) is 0 Å². The Morgan fingerprint density at radius 3 is 2.87 bits per heavy atom. The number of nitrogens with one attached hydrogen (secondary N) is 1. The summed E-state index contributed by atoms with van der Waals surface area (Å²) in [5, 5.41) is 3.37. The topological polar surface area (TPSA) is 34.2 Å². The minimum atomic E-state index is 0.694. The van der Waals surface area contributed by atoms with Gasteiger partial charge >= 0.3 is 0 Å². The Morgan fingerprint density at radius 1 is 1.27 bits per heavy atom. The Bertz CT molecular complexity index is 276. The highest BCUT2D eigenvalue weighted by molar-refractivity contribution is 5.23. The minimum absolute atomic E-state index is 0.694. The molecule has 0 unspecified atom stereocenters. The summed E-state index contributed by atoms with van der Waals surface area (Å²) in [5.41, 5.74) is 1.23. The average Bonchev–Trinajstić information content (AvgIpc) is 2.26.